The first-order valence-corrected chi connectivity index (χ1v) is 3.77. The van der Waals surface area contributed by atoms with Gasteiger partial charge in [0.15, 0.2) is 0 Å². The molecule has 3 heteroatoms. The van der Waals surface area contributed by atoms with E-state index < -0.39 is 0 Å². The van der Waals surface area contributed by atoms with Gasteiger partial charge in [-0.15, -0.1) is 6.58 Å². The SMILES string of the molecule is C=CC(C)NC(=O)CCNC. The highest BCUT2D eigenvalue weighted by Gasteiger charge is 2.01. The number of nitrogens with one attached hydrogen (secondary N) is 2. The summed E-state index contributed by atoms with van der Waals surface area (Å²) in [5, 5.41) is 5.67. The molecule has 0 saturated carbocycles. The van der Waals surface area contributed by atoms with E-state index in [1.165, 1.54) is 0 Å². The van der Waals surface area contributed by atoms with E-state index in [1.807, 2.05) is 14.0 Å². The van der Waals surface area contributed by atoms with E-state index in [-0.39, 0.29) is 11.9 Å². The summed E-state index contributed by atoms with van der Waals surface area (Å²) < 4.78 is 0. The number of rotatable bonds is 5. The number of hydrogen-bond acceptors (Lipinski definition) is 2. The third kappa shape index (κ3) is 5.61. The average molecular weight is 156 g/mol. The van der Waals surface area contributed by atoms with Crippen molar-refractivity contribution in [1.29, 1.82) is 0 Å². The summed E-state index contributed by atoms with van der Waals surface area (Å²) in [6.07, 6.45) is 2.23. The Morgan fingerprint density at radius 2 is 2.36 bits per heavy atom. The van der Waals surface area contributed by atoms with Gasteiger partial charge in [-0.2, -0.15) is 0 Å². The van der Waals surface area contributed by atoms with E-state index in [0.29, 0.717) is 6.42 Å². The molecule has 0 fully saturated rings. The molecule has 1 unspecified atom stereocenters. The van der Waals surface area contributed by atoms with Gasteiger partial charge in [0.05, 0.1) is 0 Å². The van der Waals surface area contributed by atoms with Crippen molar-refractivity contribution < 1.29 is 4.79 Å². The van der Waals surface area contributed by atoms with Crippen molar-refractivity contribution in [3.63, 3.8) is 0 Å². The Balaban J connectivity index is 3.43. The molecule has 0 spiro atoms. The van der Waals surface area contributed by atoms with Crippen LogP contribution in [0.5, 0.6) is 0 Å². The minimum absolute atomic E-state index is 0.0618. The van der Waals surface area contributed by atoms with Gasteiger partial charge in [-0.05, 0) is 14.0 Å². The Hall–Kier alpha value is -0.830. The summed E-state index contributed by atoms with van der Waals surface area (Å²) in [6.45, 7) is 6.17. The van der Waals surface area contributed by atoms with Crippen LogP contribution >= 0.6 is 0 Å². The molecule has 2 N–H and O–H groups in total. The second kappa shape index (κ2) is 5.92. The molecule has 64 valence electrons. The van der Waals surface area contributed by atoms with Crippen LogP contribution in [0.25, 0.3) is 0 Å². The van der Waals surface area contributed by atoms with Crippen LogP contribution in [0.1, 0.15) is 13.3 Å². The van der Waals surface area contributed by atoms with E-state index in [4.69, 9.17) is 0 Å². The standard InChI is InChI=1S/C8H16N2O/c1-4-7(2)10-8(11)5-6-9-3/h4,7,9H,1,5-6H2,2-3H3,(H,10,11). The maximum Gasteiger partial charge on any atom is 0.221 e. The van der Waals surface area contributed by atoms with E-state index in [0.717, 1.165) is 6.54 Å². The fourth-order valence-corrected chi connectivity index (χ4v) is 0.624. The molecule has 11 heavy (non-hydrogen) atoms. The minimum atomic E-state index is 0.0618. The Labute approximate surface area is 67.9 Å². The number of carbonyl (C=O) groups is 1. The molecular weight excluding hydrogens is 140 g/mol. The van der Waals surface area contributed by atoms with Crippen molar-refractivity contribution in [1.82, 2.24) is 10.6 Å². The molecule has 0 aromatic heterocycles. The highest BCUT2D eigenvalue weighted by Crippen LogP contribution is 1.83. The Bertz CT molecular complexity index is 134. The first-order valence-electron chi connectivity index (χ1n) is 3.77. The summed E-state index contributed by atoms with van der Waals surface area (Å²) in [7, 11) is 1.82. The van der Waals surface area contributed by atoms with Gasteiger partial charge in [0.25, 0.3) is 0 Å². The van der Waals surface area contributed by atoms with Gasteiger partial charge >= 0.3 is 0 Å². The summed E-state index contributed by atoms with van der Waals surface area (Å²) >= 11 is 0. The van der Waals surface area contributed by atoms with Crippen LogP contribution in [0, 0.1) is 0 Å². The number of amides is 1. The predicted molar refractivity (Wildman–Crippen MR) is 46.3 cm³/mol. The highest BCUT2D eigenvalue weighted by molar-refractivity contribution is 5.76. The second-order valence-electron chi connectivity index (χ2n) is 2.45. The summed E-state index contributed by atoms with van der Waals surface area (Å²) in [6, 6.07) is 0.0688. The molecule has 0 aromatic carbocycles. The smallest absolute Gasteiger partial charge is 0.221 e. The van der Waals surface area contributed by atoms with E-state index in [2.05, 4.69) is 17.2 Å². The highest BCUT2D eigenvalue weighted by atomic mass is 16.1. The van der Waals surface area contributed by atoms with Crippen LogP contribution in [0.2, 0.25) is 0 Å². The lowest BCUT2D eigenvalue weighted by Crippen LogP contribution is -2.32. The van der Waals surface area contributed by atoms with Gasteiger partial charge in [0.2, 0.25) is 5.91 Å². The molecule has 1 atom stereocenters. The Morgan fingerprint density at radius 1 is 1.73 bits per heavy atom. The van der Waals surface area contributed by atoms with Crippen molar-refractivity contribution in [2.24, 2.45) is 0 Å². The van der Waals surface area contributed by atoms with Gasteiger partial charge in [0, 0.05) is 19.0 Å². The average Bonchev–Trinajstić information content (AvgIpc) is 2.00. The van der Waals surface area contributed by atoms with Gasteiger partial charge in [-0.3, -0.25) is 4.79 Å². The zero-order chi connectivity index (χ0) is 8.69. The van der Waals surface area contributed by atoms with Crippen molar-refractivity contribution >= 4 is 5.91 Å². The van der Waals surface area contributed by atoms with Crippen LogP contribution in [-0.4, -0.2) is 25.5 Å². The molecule has 3 nitrogen and oxygen atoms in total. The molecule has 0 rings (SSSR count). The van der Waals surface area contributed by atoms with Crippen molar-refractivity contribution in [3.05, 3.63) is 12.7 Å². The molecule has 1 amide bonds. The summed E-state index contributed by atoms with van der Waals surface area (Å²) in [4.78, 5) is 11.0. The van der Waals surface area contributed by atoms with Crippen molar-refractivity contribution in [3.8, 4) is 0 Å². The zero-order valence-electron chi connectivity index (χ0n) is 7.18. The molecule has 0 radical (unpaired) electrons. The predicted octanol–water partition coefficient (Wildman–Crippen LogP) is 0.287. The van der Waals surface area contributed by atoms with E-state index in [1.54, 1.807) is 6.08 Å². The topological polar surface area (TPSA) is 41.1 Å². The van der Waals surface area contributed by atoms with Crippen molar-refractivity contribution in [2.75, 3.05) is 13.6 Å². The van der Waals surface area contributed by atoms with Crippen LogP contribution in [-0.2, 0) is 4.79 Å². The van der Waals surface area contributed by atoms with Crippen LogP contribution < -0.4 is 10.6 Å². The molecule has 0 saturated heterocycles. The Kier molecular flexibility index (Phi) is 5.47. The van der Waals surface area contributed by atoms with Crippen LogP contribution in [0.4, 0.5) is 0 Å². The van der Waals surface area contributed by atoms with Gasteiger partial charge in [-0.25, -0.2) is 0 Å². The second-order valence-corrected chi connectivity index (χ2v) is 2.45. The van der Waals surface area contributed by atoms with Crippen LogP contribution in [0.3, 0.4) is 0 Å². The largest absolute Gasteiger partial charge is 0.350 e. The fraction of sp³-hybridized carbons (Fsp3) is 0.625. The maximum atomic E-state index is 11.0. The first-order chi connectivity index (χ1) is 5.20. The van der Waals surface area contributed by atoms with Gasteiger partial charge in [-0.1, -0.05) is 6.08 Å². The minimum Gasteiger partial charge on any atom is -0.350 e. The zero-order valence-corrected chi connectivity index (χ0v) is 7.18. The van der Waals surface area contributed by atoms with Crippen LogP contribution in [0.15, 0.2) is 12.7 Å². The monoisotopic (exact) mass is 156 g/mol. The molecule has 0 aliphatic heterocycles. The third-order valence-corrected chi connectivity index (χ3v) is 1.34. The fourth-order valence-electron chi connectivity index (χ4n) is 0.624. The van der Waals surface area contributed by atoms with E-state index >= 15 is 0 Å². The van der Waals surface area contributed by atoms with Gasteiger partial charge in [0.1, 0.15) is 0 Å². The first kappa shape index (κ1) is 10.2. The lowest BCUT2D eigenvalue weighted by Gasteiger charge is -2.08. The molecule has 0 bridgehead atoms. The number of hydrogen-bond donors (Lipinski definition) is 2. The van der Waals surface area contributed by atoms with E-state index in [9.17, 15) is 4.79 Å². The molecule has 0 aliphatic rings. The third-order valence-electron chi connectivity index (χ3n) is 1.34. The normalized spacial score (nSPS) is 12.2. The lowest BCUT2D eigenvalue weighted by atomic mass is 10.3. The van der Waals surface area contributed by atoms with Crippen molar-refractivity contribution in [2.45, 2.75) is 19.4 Å². The molecule has 0 aromatic rings. The molecular formula is C8H16N2O. The summed E-state index contributed by atoms with van der Waals surface area (Å²) in [5.41, 5.74) is 0. The quantitative estimate of drug-likeness (QED) is 0.562. The number of carbonyl (C=O) groups excluding carboxylic acids is 1. The van der Waals surface area contributed by atoms with Gasteiger partial charge < -0.3 is 10.6 Å². The molecule has 0 heterocycles. The lowest BCUT2D eigenvalue weighted by molar-refractivity contribution is -0.121. The maximum absolute atomic E-state index is 11.0. The molecule has 0 aliphatic carbocycles. The Morgan fingerprint density at radius 3 is 2.82 bits per heavy atom. The summed E-state index contributed by atoms with van der Waals surface area (Å²) in [5.74, 6) is 0.0618.